The molecule has 2 N–H and O–H groups in total. The van der Waals surface area contributed by atoms with Crippen LogP contribution in [0, 0.1) is 20.8 Å². The zero-order valence-corrected chi connectivity index (χ0v) is 15.3. The Bertz CT molecular complexity index is 808. The molecule has 1 atom stereocenters. The van der Waals surface area contributed by atoms with E-state index < -0.39 is 24.0 Å². The Morgan fingerprint density at radius 2 is 1.54 bits per heavy atom. The molecule has 0 aliphatic heterocycles. The molecule has 0 fully saturated rings. The van der Waals surface area contributed by atoms with Crippen LogP contribution in [0.15, 0.2) is 42.5 Å². The summed E-state index contributed by atoms with van der Waals surface area (Å²) < 4.78 is 5.50. The number of urea groups is 1. The van der Waals surface area contributed by atoms with Crippen LogP contribution in [0.1, 0.15) is 38.7 Å². The average molecular weight is 354 g/mol. The summed E-state index contributed by atoms with van der Waals surface area (Å²) in [6.07, 6.45) is -1.24. The predicted octanol–water partition coefficient (Wildman–Crippen LogP) is 2.97. The molecule has 136 valence electrons. The highest BCUT2D eigenvalue weighted by Gasteiger charge is 2.28. The van der Waals surface area contributed by atoms with Crippen molar-refractivity contribution in [1.82, 2.24) is 10.6 Å². The van der Waals surface area contributed by atoms with Gasteiger partial charge in [-0.1, -0.05) is 48.0 Å². The Morgan fingerprint density at radius 1 is 0.962 bits per heavy atom. The van der Waals surface area contributed by atoms with Crippen LogP contribution in [0.5, 0.6) is 0 Å². The van der Waals surface area contributed by atoms with Gasteiger partial charge in [-0.05, 0) is 31.9 Å². The van der Waals surface area contributed by atoms with Crippen LogP contribution in [0.2, 0.25) is 0 Å². The summed E-state index contributed by atoms with van der Waals surface area (Å²) in [5.41, 5.74) is 3.47. The minimum absolute atomic E-state index is 0.421. The van der Waals surface area contributed by atoms with Gasteiger partial charge in [0.15, 0.2) is 0 Å². The second-order valence-corrected chi connectivity index (χ2v) is 6.04. The van der Waals surface area contributed by atoms with Crippen LogP contribution < -0.4 is 10.6 Å². The minimum Gasteiger partial charge on any atom is -0.444 e. The van der Waals surface area contributed by atoms with E-state index in [4.69, 9.17) is 4.74 Å². The molecule has 0 radical (unpaired) electrons. The van der Waals surface area contributed by atoms with Crippen molar-refractivity contribution in [2.24, 2.45) is 0 Å². The lowest BCUT2D eigenvalue weighted by Crippen LogP contribution is -2.41. The first-order valence-corrected chi connectivity index (χ1v) is 8.19. The van der Waals surface area contributed by atoms with Gasteiger partial charge in [0.2, 0.25) is 6.10 Å². The molecule has 2 aromatic carbocycles. The van der Waals surface area contributed by atoms with Crippen molar-refractivity contribution in [3.05, 3.63) is 70.3 Å². The third-order valence-corrected chi connectivity index (χ3v) is 3.91. The van der Waals surface area contributed by atoms with Crippen molar-refractivity contribution in [2.75, 3.05) is 7.05 Å². The SMILES string of the molecule is CNC(=O)NC(=O)C(OC(=O)c1c(C)cc(C)cc1C)c1ccccc1. The van der Waals surface area contributed by atoms with Gasteiger partial charge in [-0.15, -0.1) is 0 Å². The molecule has 26 heavy (non-hydrogen) atoms. The first-order chi connectivity index (χ1) is 12.3. The lowest BCUT2D eigenvalue weighted by molar-refractivity contribution is -0.129. The molecule has 0 aliphatic carbocycles. The Morgan fingerprint density at radius 3 is 2.08 bits per heavy atom. The van der Waals surface area contributed by atoms with Crippen LogP contribution in [-0.2, 0) is 9.53 Å². The molecule has 6 nitrogen and oxygen atoms in total. The third kappa shape index (κ3) is 4.47. The lowest BCUT2D eigenvalue weighted by atomic mass is 10.00. The van der Waals surface area contributed by atoms with Gasteiger partial charge in [0.1, 0.15) is 0 Å². The van der Waals surface area contributed by atoms with E-state index in [0.717, 1.165) is 16.7 Å². The van der Waals surface area contributed by atoms with E-state index in [-0.39, 0.29) is 0 Å². The number of ether oxygens (including phenoxy) is 1. The van der Waals surface area contributed by atoms with E-state index in [0.29, 0.717) is 11.1 Å². The topological polar surface area (TPSA) is 84.5 Å². The number of carbonyl (C=O) groups is 3. The predicted molar refractivity (Wildman–Crippen MR) is 97.8 cm³/mol. The van der Waals surface area contributed by atoms with E-state index in [9.17, 15) is 14.4 Å². The number of benzene rings is 2. The average Bonchev–Trinajstić information content (AvgIpc) is 2.59. The molecule has 0 saturated heterocycles. The molecule has 3 amide bonds. The van der Waals surface area contributed by atoms with Gasteiger partial charge in [0.05, 0.1) is 5.56 Å². The van der Waals surface area contributed by atoms with Crippen LogP contribution >= 0.6 is 0 Å². The first-order valence-electron chi connectivity index (χ1n) is 8.19. The fraction of sp³-hybridized carbons (Fsp3) is 0.250. The van der Waals surface area contributed by atoms with E-state index in [1.807, 2.05) is 32.9 Å². The van der Waals surface area contributed by atoms with Gasteiger partial charge in [0.25, 0.3) is 5.91 Å². The van der Waals surface area contributed by atoms with Gasteiger partial charge in [-0.2, -0.15) is 0 Å². The van der Waals surface area contributed by atoms with Gasteiger partial charge in [-0.25, -0.2) is 9.59 Å². The van der Waals surface area contributed by atoms with E-state index in [1.165, 1.54) is 7.05 Å². The van der Waals surface area contributed by atoms with Crippen LogP contribution in [-0.4, -0.2) is 25.0 Å². The van der Waals surface area contributed by atoms with Crippen LogP contribution in [0.25, 0.3) is 0 Å². The molecule has 2 rings (SSSR count). The maximum atomic E-state index is 12.7. The number of hydrogen-bond donors (Lipinski definition) is 2. The van der Waals surface area contributed by atoms with Crippen molar-refractivity contribution in [3.8, 4) is 0 Å². The summed E-state index contributed by atoms with van der Waals surface area (Å²) in [7, 11) is 1.39. The van der Waals surface area contributed by atoms with E-state index in [1.54, 1.807) is 30.3 Å². The standard InChI is InChI=1S/C20H22N2O4/c1-12-10-13(2)16(14(3)11-12)19(24)26-17(15-8-6-5-7-9-15)18(23)22-20(25)21-4/h5-11,17H,1-4H3,(H2,21,22,23,25). The molecule has 0 aliphatic rings. The number of carbonyl (C=O) groups excluding carboxylic acids is 3. The maximum absolute atomic E-state index is 12.7. The minimum atomic E-state index is -1.24. The smallest absolute Gasteiger partial charge is 0.339 e. The number of hydrogen-bond acceptors (Lipinski definition) is 4. The summed E-state index contributed by atoms with van der Waals surface area (Å²) in [5, 5.41) is 4.46. The number of rotatable bonds is 4. The monoisotopic (exact) mass is 354 g/mol. The Labute approximate surface area is 152 Å². The number of aryl methyl sites for hydroxylation is 3. The van der Waals surface area contributed by atoms with E-state index >= 15 is 0 Å². The zero-order chi connectivity index (χ0) is 19.3. The quantitative estimate of drug-likeness (QED) is 0.827. The van der Waals surface area contributed by atoms with Crippen molar-refractivity contribution in [2.45, 2.75) is 26.9 Å². The van der Waals surface area contributed by atoms with Crippen LogP contribution in [0.4, 0.5) is 4.79 Å². The van der Waals surface area contributed by atoms with Crippen molar-refractivity contribution < 1.29 is 19.1 Å². The molecule has 0 heterocycles. The molecule has 1 unspecified atom stereocenters. The lowest BCUT2D eigenvalue weighted by Gasteiger charge is -2.19. The Kier molecular flexibility index (Phi) is 6.11. The highest BCUT2D eigenvalue weighted by atomic mass is 16.5. The summed E-state index contributed by atoms with van der Waals surface area (Å²) >= 11 is 0. The van der Waals surface area contributed by atoms with Gasteiger partial charge in [-0.3, -0.25) is 10.1 Å². The van der Waals surface area contributed by atoms with Crippen molar-refractivity contribution >= 4 is 17.9 Å². The Balaban J connectivity index is 2.34. The highest BCUT2D eigenvalue weighted by Crippen LogP contribution is 2.23. The summed E-state index contributed by atoms with van der Waals surface area (Å²) in [5.74, 6) is -1.33. The summed E-state index contributed by atoms with van der Waals surface area (Å²) in [6, 6.07) is 11.7. The highest BCUT2D eigenvalue weighted by molar-refractivity contribution is 5.99. The number of amides is 3. The molecule has 0 saturated carbocycles. The molecule has 0 aromatic heterocycles. The second-order valence-electron chi connectivity index (χ2n) is 6.04. The molecule has 0 bridgehead atoms. The summed E-state index contributed by atoms with van der Waals surface area (Å²) in [4.78, 5) is 36.7. The summed E-state index contributed by atoms with van der Waals surface area (Å²) in [6.45, 7) is 5.58. The van der Waals surface area contributed by atoms with Crippen molar-refractivity contribution in [1.29, 1.82) is 0 Å². The Hall–Kier alpha value is -3.15. The molecule has 0 spiro atoms. The van der Waals surface area contributed by atoms with Crippen LogP contribution in [0.3, 0.4) is 0 Å². The van der Waals surface area contributed by atoms with Gasteiger partial charge >= 0.3 is 12.0 Å². The fourth-order valence-corrected chi connectivity index (χ4v) is 2.81. The maximum Gasteiger partial charge on any atom is 0.339 e. The molecule has 2 aromatic rings. The molecule has 6 heteroatoms. The number of nitrogens with one attached hydrogen (secondary N) is 2. The molecular weight excluding hydrogens is 332 g/mol. The van der Waals surface area contributed by atoms with Gasteiger partial charge < -0.3 is 10.1 Å². The van der Waals surface area contributed by atoms with E-state index in [2.05, 4.69) is 10.6 Å². The fourth-order valence-electron chi connectivity index (χ4n) is 2.81. The molecular formula is C20H22N2O4. The first kappa shape index (κ1) is 19.2. The number of esters is 1. The third-order valence-electron chi connectivity index (χ3n) is 3.91. The largest absolute Gasteiger partial charge is 0.444 e. The normalized spacial score (nSPS) is 11.4. The zero-order valence-electron chi connectivity index (χ0n) is 15.3. The van der Waals surface area contributed by atoms with Crippen molar-refractivity contribution in [3.63, 3.8) is 0 Å². The number of imide groups is 1. The second kappa shape index (κ2) is 8.29. The van der Waals surface area contributed by atoms with Gasteiger partial charge in [0, 0.05) is 12.6 Å².